The average Bonchev–Trinajstić information content (AvgIpc) is 3.54. The number of hydrogen-bond acceptors (Lipinski definition) is 6. The summed E-state index contributed by atoms with van der Waals surface area (Å²) in [7, 11) is 1.36. The van der Waals surface area contributed by atoms with Gasteiger partial charge in [0.25, 0.3) is 5.91 Å². The van der Waals surface area contributed by atoms with Crippen LogP contribution in [-0.4, -0.2) is 48.7 Å². The van der Waals surface area contributed by atoms with Gasteiger partial charge in [0.15, 0.2) is 11.6 Å². The van der Waals surface area contributed by atoms with Crippen molar-refractivity contribution in [1.82, 2.24) is 10.6 Å². The van der Waals surface area contributed by atoms with Crippen LogP contribution < -0.4 is 20.1 Å². The third kappa shape index (κ3) is 5.73. The van der Waals surface area contributed by atoms with Crippen LogP contribution in [0.15, 0.2) is 12.1 Å². The van der Waals surface area contributed by atoms with E-state index in [1.807, 2.05) is 6.07 Å². The smallest absolute Gasteiger partial charge is 0.310 e. The molecule has 4 saturated carbocycles. The molecule has 5 rings (SSSR count). The maximum absolute atomic E-state index is 15.0. The molecule has 222 valence electrons. The van der Waals surface area contributed by atoms with Gasteiger partial charge >= 0.3 is 5.97 Å². The molecule has 2 bridgehead atoms. The summed E-state index contributed by atoms with van der Waals surface area (Å²) in [6.45, 7) is 2.84. The van der Waals surface area contributed by atoms with E-state index in [1.54, 1.807) is 0 Å². The fourth-order valence-electron chi connectivity index (χ4n) is 7.51. The number of fused-ring (bicyclic) bond motifs is 2. The molecule has 0 aliphatic heterocycles. The second-order valence-electron chi connectivity index (χ2n) is 13.0. The summed E-state index contributed by atoms with van der Waals surface area (Å²) in [6, 6.07) is 4.11. The Morgan fingerprint density at radius 1 is 1.10 bits per heavy atom. The molecule has 9 nitrogen and oxygen atoms in total. The molecule has 0 unspecified atom stereocenters. The molecule has 41 heavy (non-hydrogen) atoms. The first-order valence-electron chi connectivity index (χ1n) is 14.8. The molecule has 2 amide bonds. The van der Waals surface area contributed by atoms with Gasteiger partial charge in [0.2, 0.25) is 5.91 Å². The van der Waals surface area contributed by atoms with E-state index in [9.17, 15) is 19.5 Å². The van der Waals surface area contributed by atoms with Crippen molar-refractivity contribution >= 4 is 17.8 Å². The Morgan fingerprint density at radius 2 is 1.80 bits per heavy atom. The number of carboxylic acid groups (broad SMARTS) is 1. The Hall–Kier alpha value is -3.35. The number of benzene rings is 1. The van der Waals surface area contributed by atoms with E-state index >= 15 is 4.39 Å². The number of amides is 2. The lowest BCUT2D eigenvalue weighted by atomic mass is 9.70. The summed E-state index contributed by atoms with van der Waals surface area (Å²) in [6.07, 6.45) is 6.91. The van der Waals surface area contributed by atoms with Crippen molar-refractivity contribution in [3.63, 3.8) is 0 Å². The molecule has 1 aromatic carbocycles. The highest BCUT2D eigenvalue weighted by atomic mass is 19.1. The Labute approximate surface area is 240 Å². The zero-order valence-electron chi connectivity index (χ0n) is 23.8. The molecule has 4 atom stereocenters. The number of nitrogens with one attached hydrogen (secondary N) is 2. The predicted octanol–water partition coefficient (Wildman–Crippen LogP) is 4.59. The van der Waals surface area contributed by atoms with Gasteiger partial charge in [-0.3, -0.25) is 14.4 Å². The van der Waals surface area contributed by atoms with E-state index in [0.29, 0.717) is 19.4 Å². The van der Waals surface area contributed by atoms with Crippen LogP contribution in [0.1, 0.15) is 87.9 Å². The number of rotatable bonds is 10. The third-order valence-corrected chi connectivity index (χ3v) is 10.3. The lowest BCUT2D eigenvalue weighted by Crippen LogP contribution is -2.51. The summed E-state index contributed by atoms with van der Waals surface area (Å²) in [4.78, 5) is 38.7. The maximum atomic E-state index is 15.0. The summed E-state index contributed by atoms with van der Waals surface area (Å²) in [5, 5.41) is 25.0. The Bertz CT molecular complexity index is 1230. The minimum atomic E-state index is -1.11. The highest BCUT2D eigenvalue weighted by Crippen LogP contribution is 2.49. The van der Waals surface area contributed by atoms with Crippen LogP contribution in [-0.2, 0) is 9.59 Å². The van der Waals surface area contributed by atoms with Gasteiger partial charge in [-0.2, -0.15) is 5.26 Å². The quantitative estimate of drug-likeness (QED) is 0.375. The van der Waals surface area contributed by atoms with E-state index in [-0.39, 0.29) is 71.4 Å². The number of halogens is 1. The summed E-state index contributed by atoms with van der Waals surface area (Å²) in [5.74, 6) is -2.03. The largest absolute Gasteiger partial charge is 0.496 e. The van der Waals surface area contributed by atoms with E-state index in [4.69, 9.17) is 14.7 Å². The molecular weight excluding hydrogens is 529 g/mol. The van der Waals surface area contributed by atoms with E-state index in [1.165, 1.54) is 19.6 Å². The number of carbonyl (C=O) groups is 3. The maximum Gasteiger partial charge on any atom is 0.310 e. The van der Waals surface area contributed by atoms with Gasteiger partial charge in [0.1, 0.15) is 5.75 Å². The third-order valence-electron chi connectivity index (χ3n) is 10.3. The number of nitrogens with zero attached hydrogens (tertiary/aromatic N) is 1. The van der Waals surface area contributed by atoms with Gasteiger partial charge < -0.3 is 25.2 Å². The fourth-order valence-corrected chi connectivity index (χ4v) is 7.51. The van der Waals surface area contributed by atoms with E-state index in [2.05, 4.69) is 17.6 Å². The monoisotopic (exact) mass is 569 g/mol. The predicted molar refractivity (Wildman–Crippen MR) is 147 cm³/mol. The van der Waals surface area contributed by atoms with Crippen molar-refractivity contribution in [3.8, 4) is 17.6 Å². The minimum Gasteiger partial charge on any atom is -0.496 e. The molecule has 0 radical (unpaired) electrons. The molecule has 1 aromatic rings. The van der Waals surface area contributed by atoms with Gasteiger partial charge in [0, 0.05) is 18.7 Å². The van der Waals surface area contributed by atoms with E-state index < -0.39 is 29.2 Å². The molecular formula is C31H40FN3O6. The zero-order valence-corrected chi connectivity index (χ0v) is 23.8. The van der Waals surface area contributed by atoms with Crippen molar-refractivity contribution < 1.29 is 33.4 Å². The second-order valence-corrected chi connectivity index (χ2v) is 13.0. The highest BCUT2D eigenvalue weighted by Gasteiger charge is 2.52. The number of hydrogen-bond donors (Lipinski definition) is 3. The van der Waals surface area contributed by atoms with Gasteiger partial charge in [-0.05, 0) is 81.1 Å². The molecule has 0 spiro atoms. The van der Waals surface area contributed by atoms with Gasteiger partial charge in [-0.15, -0.1) is 0 Å². The Balaban J connectivity index is 1.28. The SMILES string of the molecule is COc1cc(F)c(O[C@H]2CC[C@](CC#N)(C(=O)O)CC2)cc1C(=O)N[C@@H]1[C@H]2CC[C@H](C2)[C@@H]1C(=O)NCC1(C)CCC1. The van der Waals surface area contributed by atoms with Crippen LogP contribution in [0.25, 0.3) is 0 Å². The number of aliphatic carboxylic acids is 1. The lowest BCUT2D eigenvalue weighted by molar-refractivity contribution is -0.151. The van der Waals surface area contributed by atoms with Gasteiger partial charge in [-0.25, -0.2) is 4.39 Å². The average molecular weight is 570 g/mol. The molecule has 10 heteroatoms. The number of carbonyl (C=O) groups excluding carboxylic acids is 2. The molecule has 3 N–H and O–H groups in total. The van der Waals surface area contributed by atoms with Crippen molar-refractivity contribution in [2.75, 3.05) is 13.7 Å². The molecule has 0 aromatic heterocycles. The molecule has 4 aliphatic carbocycles. The van der Waals surface area contributed by atoms with E-state index in [0.717, 1.165) is 38.2 Å². The Kier molecular flexibility index (Phi) is 8.18. The van der Waals surface area contributed by atoms with Crippen molar-refractivity contribution in [3.05, 3.63) is 23.5 Å². The molecule has 4 aliphatic rings. The zero-order chi connectivity index (χ0) is 29.4. The summed E-state index contributed by atoms with van der Waals surface area (Å²) in [5.41, 5.74) is -0.836. The van der Waals surface area contributed by atoms with Crippen LogP contribution in [0.5, 0.6) is 11.5 Å². The number of nitriles is 1. The topological polar surface area (TPSA) is 138 Å². The normalized spacial score (nSPS) is 31.4. The van der Waals surface area contributed by atoms with Crippen LogP contribution in [0.2, 0.25) is 0 Å². The van der Waals surface area contributed by atoms with Crippen LogP contribution in [0, 0.1) is 45.7 Å². The van der Waals surface area contributed by atoms with Crippen LogP contribution in [0.4, 0.5) is 4.39 Å². The number of methoxy groups -OCH3 is 1. The van der Waals surface area contributed by atoms with Crippen molar-refractivity contribution in [2.45, 2.75) is 89.7 Å². The molecule has 0 heterocycles. The minimum absolute atomic E-state index is 0.00292. The van der Waals surface area contributed by atoms with Crippen LogP contribution in [0.3, 0.4) is 0 Å². The standard InChI is InChI=1S/C31H40FN3O6/c1-30(8-3-9-30)17-34-28(37)25-18-4-5-19(14-18)26(25)35-27(36)21-15-24(22(32)16-23(21)40-2)41-20-6-10-31(11-7-20,12-13-33)29(38)39/h15-16,18-20,25-26H,3-12,14,17H2,1-2H3,(H,34,37)(H,35,36)(H,38,39)/t18-,19+,20-,25+,26-,31-/m1/s1. The highest BCUT2D eigenvalue weighted by molar-refractivity contribution is 5.98. The van der Waals surface area contributed by atoms with Gasteiger partial charge in [0.05, 0.1) is 42.6 Å². The van der Waals surface area contributed by atoms with Crippen molar-refractivity contribution in [2.24, 2.45) is 28.6 Å². The Morgan fingerprint density at radius 3 is 2.41 bits per heavy atom. The first kappa shape index (κ1) is 29.2. The van der Waals surface area contributed by atoms with Gasteiger partial charge in [-0.1, -0.05) is 13.3 Å². The molecule has 0 saturated heterocycles. The molecule has 4 fully saturated rings. The number of ether oxygens (including phenoxy) is 2. The fraction of sp³-hybridized carbons (Fsp3) is 0.677. The first-order chi connectivity index (χ1) is 19.6. The first-order valence-corrected chi connectivity index (χ1v) is 14.8. The number of carboxylic acids is 1. The summed E-state index contributed by atoms with van der Waals surface area (Å²) < 4.78 is 26.3. The van der Waals surface area contributed by atoms with Crippen LogP contribution >= 0.6 is 0 Å². The lowest BCUT2D eigenvalue weighted by Gasteiger charge is -2.39. The second kappa shape index (κ2) is 11.5. The summed E-state index contributed by atoms with van der Waals surface area (Å²) >= 11 is 0. The van der Waals surface area contributed by atoms with Crippen molar-refractivity contribution in [1.29, 1.82) is 5.26 Å².